The number of nitrogens with zero attached hydrogens (tertiary/aromatic N) is 1. The normalized spacial score (nSPS) is 26.3. The highest BCUT2D eigenvalue weighted by Gasteiger charge is 2.43. The highest BCUT2D eigenvalue weighted by atomic mass is 16.5. The summed E-state index contributed by atoms with van der Waals surface area (Å²) >= 11 is 0. The molecule has 10 nitrogen and oxygen atoms in total. The zero-order chi connectivity index (χ0) is 25.3. The van der Waals surface area contributed by atoms with Gasteiger partial charge in [-0.2, -0.15) is 0 Å². The van der Waals surface area contributed by atoms with Crippen molar-refractivity contribution in [3.8, 4) is 0 Å². The van der Waals surface area contributed by atoms with Gasteiger partial charge in [-0.15, -0.1) is 0 Å². The Balaban J connectivity index is 1.68. The Kier molecular flexibility index (Phi) is 10.6. The van der Waals surface area contributed by atoms with E-state index in [2.05, 4.69) is 16.0 Å². The first kappa shape index (κ1) is 27.7. The minimum Gasteiger partial charge on any atom is -0.391 e. The van der Waals surface area contributed by atoms with Crippen LogP contribution in [0.4, 0.5) is 4.79 Å². The number of carbonyl (C=O) groups excluding carboxylic acids is 3. The number of aliphatic hydroxyl groups is 2. The van der Waals surface area contributed by atoms with E-state index < -0.39 is 29.7 Å². The lowest BCUT2D eigenvalue weighted by Crippen LogP contribution is -2.65. The first-order valence-corrected chi connectivity index (χ1v) is 13.5. The van der Waals surface area contributed by atoms with Gasteiger partial charge >= 0.3 is 6.03 Å². The van der Waals surface area contributed by atoms with Crippen molar-refractivity contribution in [2.24, 2.45) is 0 Å². The fraction of sp³-hybridized carbons (Fsp3) is 0.880. The number of unbranched alkanes of at least 4 members (excludes halogenated alkanes) is 1. The van der Waals surface area contributed by atoms with E-state index in [-0.39, 0.29) is 18.0 Å². The van der Waals surface area contributed by atoms with Crippen LogP contribution in [0, 0.1) is 0 Å². The van der Waals surface area contributed by atoms with Crippen LogP contribution in [0.3, 0.4) is 0 Å². The number of hydrogen-bond donors (Lipinski definition) is 5. The Morgan fingerprint density at radius 1 is 1.06 bits per heavy atom. The van der Waals surface area contributed by atoms with Gasteiger partial charge in [-0.05, 0) is 32.1 Å². The molecule has 0 aromatic carbocycles. The molecule has 0 aromatic heterocycles. The van der Waals surface area contributed by atoms with Gasteiger partial charge in [-0.3, -0.25) is 9.59 Å². The van der Waals surface area contributed by atoms with Crippen LogP contribution in [0.25, 0.3) is 0 Å². The van der Waals surface area contributed by atoms with Crippen LogP contribution < -0.4 is 16.0 Å². The average Bonchev–Trinajstić information content (AvgIpc) is 2.88. The molecule has 0 aromatic rings. The monoisotopic (exact) mass is 496 g/mol. The molecule has 200 valence electrons. The molecule has 35 heavy (non-hydrogen) atoms. The van der Waals surface area contributed by atoms with Gasteiger partial charge in [0.2, 0.25) is 5.91 Å². The molecule has 0 radical (unpaired) electrons. The zero-order valence-corrected chi connectivity index (χ0v) is 21.1. The van der Waals surface area contributed by atoms with Crippen LogP contribution in [-0.4, -0.2) is 89.1 Å². The molecule has 10 heteroatoms. The molecule has 4 amide bonds. The van der Waals surface area contributed by atoms with Crippen molar-refractivity contribution in [2.75, 3.05) is 26.3 Å². The van der Waals surface area contributed by atoms with Crippen molar-refractivity contribution < 1.29 is 29.3 Å². The second-order valence-corrected chi connectivity index (χ2v) is 10.3. The van der Waals surface area contributed by atoms with Crippen LogP contribution in [0.2, 0.25) is 0 Å². The van der Waals surface area contributed by atoms with Gasteiger partial charge < -0.3 is 35.8 Å². The molecular formula is C25H44N4O6. The Hall–Kier alpha value is -1.91. The molecule has 3 aliphatic rings. The highest BCUT2D eigenvalue weighted by molar-refractivity contribution is 5.92. The molecular weight excluding hydrogens is 452 g/mol. The fourth-order valence-electron chi connectivity index (χ4n) is 5.38. The summed E-state index contributed by atoms with van der Waals surface area (Å²) in [5.74, 6) is -0.920. The van der Waals surface area contributed by atoms with Gasteiger partial charge in [0, 0.05) is 13.1 Å². The summed E-state index contributed by atoms with van der Waals surface area (Å²) in [4.78, 5) is 41.1. The molecule has 4 atom stereocenters. The number of hydrogen-bond acceptors (Lipinski definition) is 6. The molecule has 0 spiro atoms. The summed E-state index contributed by atoms with van der Waals surface area (Å²) in [6, 6.07) is -1.44. The lowest BCUT2D eigenvalue weighted by Gasteiger charge is -2.40. The number of rotatable bonds is 9. The second kappa shape index (κ2) is 13.4. The molecule has 1 saturated heterocycles. The number of aliphatic hydroxyl groups excluding tert-OH is 2. The number of urea groups is 1. The molecule has 5 N–H and O–H groups in total. The molecule has 1 heterocycles. The topological polar surface area (TPSA) is 140 Å². The van der Waals surface area contributed by atoms with Gasteiger partial charge in [0.25, 0.3) is 5.91 Å². The summed E-state index contributed by atoms with van der Waals surface area (Å²) in [6.07, 6.45) is 6.77. The van der Waals surface area contributed by atoms with Crippen LogP contribution in [-0.2, 0) is 14.3 Å². The molecule has 2 saturated carbocycles. The quantitative estimate of drug-likeness (QED) is 0.325. The number of amides is 4. The number of carbonyl (C=O) groups is 3. The molecule has 0 bridgehead atoms. The Morgan fingerprint density at radius 3 is 2.40 bits per heavy atom. The first-order chi connectivity index (χ1) is 16.9. The Labute approximate surface area is 208 Å². The van der Waals surface area contributed by atoms with E-state index in [4.69, 9.17) is 4.74 Å². The smallest absolute Gasteiger partial charge is 0.318 e. The molecule has 0 unspecified atom stereocenters. The summed E-state index contributed by atoms with van der Waals surface area (Å²) in [5, 5.41) is 29.8. The lowest BCUT2D eigenvalue weighted by molar-refractivity contribution is -0.136. The van der Waals surface area contributed by atoms with E-state index in [0.29, 0.717) is 58.4 Å². The van der Waals surface area contributed by atoms with Crippen molar-refractivity contribution in [2.45, 2.75) is 114 Å². The third kappa shape index (κ3) is 7.54. The van der Waals surface area contributed by atoms with Crippen molar-refractivity contribution in [3.63, 3.8) is 0 Å². The number of ether oxygens (including phenoxy) is 1. The van der Waals surface area contributed by atoms with E-state index in [1.165, 1.54) is 0 Å². The SMILES string of the molecule is CCCC[C@H](NC(=O)C1(NC(=O)N2CCOCC2)CCCCC1)[C@H](O)C(=O)N[C@H]1CCCC[C@@H]1O. The van der Waals surface area contributed by atoms with Gasteiger partial charge in [0.05, 0.1) is 31.4 Å². The van der Waals surface area contributed by atoms with Crippen molar-refractivity contribution >= 4 is 17.8 Å². The largest absolute Gasteiger partial charge is 0.391 e. The van der Waals surface area contributed by atoms with E-state index >= 15 is 0 Å². The van der Waals surface area contributed by atoms with Crippen molar-refractivity contribution in [1.29, 1.82) is 0 Å². The van der Waals surface area contributed by atoms with Gasteiger partial charge in [-0.1, -0.05) is 51.9 Å². The second-order valence-electron chi connectivity index (χ2n) is 10.3. The first-order valence-electron chi connectivity index (χ1n) is 13.5. The van der Waals surface area contributed by atoms with Crippen LogP contribution in [0.5, 0.6) is 0 Å². The van der Waals surface area contributed by atoms with Crippen molar-refractivity contribution in [1.82, 2.24) is 20.9 Å². The molecule has 3 rings (SSSR count). The molecule has 1 aliphatic heterocycles. The van der Waals surface area contributed by atoms with Crippen LogP contribution >= 0.6 is 0 Å². The van der Waals surface area contributed by atoms with E-state index in [1.54, 1.807) is 4.90 Å². The van der Waals surface area contributed by atoms with Gasteiger partial charge in [-0.25, -0.2) is 4.79 Å². The van der Waals surface area contributed by atoms with E-state index in [9.17, 15) is 24.6 Å². The number of morpholine rings is 1. The van der Waals surface area contributed by atoms with E-state index in [1.807, 2.05) is 6.92 Å². The third-order valence-electron chi connectivity index (χ3n) is 7.68. The highest BCUT2D eigenvalue weighted by Crippen LogP contribution is 2.29. The summed E-state index contributed by atoms with van der Waals surface area (Å²) in [5.41, 5.74) is -1.06. The van der Waals surface area contributed by atoms with Crippen LogP contribution in [0.15, 0.2) is 0 Å². The average molecular weight is 497 g/mol. The van der Waals surface area contributed by atoms with Crippen molar-refractivity contribution in [3.05, 3.63) is 0 Å². The predicted octanol–water partition coefficient (Wildman–Crippen LogP) is 1.19. The van der Waals surface area contributed by atoms with Gasteiger partial charge in [0.15, 0.2) is 6.10 Å². The summed E-state index contributed by atoms with van der Waals surface area (Å²) < 4.78 is 5.33. The van der Waals surface area contributed by atoms with Gasteiger partial charge in [0.1, 0.15) is 5.54 Å². The lowest BCUT2D eigenvalue weighted by atomic mass is 9.80. The minimum absolute atomic E-state index is 0.278. The predicted molar refractivity (Wildman–Crippen MR) is 131 cm³/mol. The molecule has 2 aliphatic carbocycles. The third-order valence-corrected chi connectivity index (χ3v) is 7.68. The summed E-state index contributed by atoms with van der Waals surface area (Å²) in [6.45, 7) is 3.92. The molecule has 3 fully saturated rings. The Morgan fingerprint density at radius 2 is 1.74 bits per heavy atom. The minimum atomic E-state index is -1.43. The summed E-state index contributed by atoms with van der Waals surface area (Å²) in [7, 11) is 0. The van der Waals surface area contributed by atoms with E-state index in [0.717, 1.165) is 44.9 Å². The Bertz CT molecular complexity index is 708. The maximum Gasteiger partial charge on any atom is 0.318 e. The maximum absolute atomic E-state index is 13.6. The zero-order valence-electron chi connectivity index (χ0n) is 21.1. The maximum atomic E-state index is 13.6. The fourth-order valence-corrected chi connectivity index (χ4v) is 5.38. The standard InChI is InChI=1S/C25H44N4O6/c1-2-3-9-19(21(31)22(32)26-18-10-5-6-11-20(18)30)27-23(33)25(12-7-4-8-13-25)28-24(34)29-14-16-35-17-15-29/h18-21,30-31H,2-17H2,1H3,(H,26,32)(H,27,33)(H,28,34)/t18-,19-,20-,21-/m0/s1. The number of nitrogens with one attached hydrogen (secondary N) is 3. The van der Waals surface area contributed by atoms with Crippen LogP contribution in [0.1, 0.15) is 84.0 Å².